The summed E-state index contributed by atoms with van der Waals surface area (Å²) in [7, 11) is 0. The van der Waals surface area contributed by atoms with E-state index in [9.17, 15) is 0 Å². The van der Waals surface area contributed by atoms with Gasteiger partial charge in [0.2, 0.25) is 0 Å². The third-order valence-corrected chi connectivity index (χ3v) is 10.5. The molecule has 2 heterocycles. The van der Waals surface area contributed by atoms with Crippen molar-refractivity contribution < 1.29 is 4.42 Å². The van der Waals surface area contributed by atoms with Crippen LogP contribution >= 0.6 is 0 Å². The van der Waals surface area contributed by atoms with Crippen LogP contribution in [0.25, 0.3) is 81.7 Å². The Morgan fingerprint density at radius 2 is 1.02 bits per heavy atom. The molecule has 0 atom stereocenters. The smallest absolute Gasteiger partial charge is 0.135 e. The molecule has 0 saturated heterocycles. The van der Waals surface area contributed by atoms with Crippen LogP contribution in [0.2, 0.25) is 0 Å². The lowest BCUT2D eigenvalue weighted by Gasteiger charge is -2.27. The quantitative estimate of drug-likeness (QED) is 0.177. The standard InChI is InChI=1S/C48H30N2O/c1-2-12-32(13-3-1)49(44-19-10-17-36-38-24-21-31-11-4-5-14-35(31)37(38)25-26-40(36)44)33-22-27-46-42(29-33)39-15-6-8-18-45(39)50(46)34-23-28-48-43(30-34)41-16-7-9-20-47(41)51-48/h1-30H. The van der Waals surface area contributed by atoms with Crippen molar-refractivity contribution in [2.75, 3.05) is 4.90 Å². The van der Waals surface area contributed by atoms with E-state index in [2.05, 4.69) is 179 Å². The molecule has 0 unspecified atom stereocenters. The molecule has 0 aliphatic heterocycles. The fraction of sp³-hybridized carbons (Fsp3) is 0. The number of para-hydroxylation sites is 3. The van der Waals surface area contributed by atoms with Crippen molar-refractivity contribution in [2.45, 2.75) is 0 Å². The van der Waals surface area contributed by atoms with E-state index >= 15 is 0 Å². The molecular weight excluding hydrogens is 621 g/mol. The van der Waals surface area contributed by atoms with Crippen molar-refractivity contribution in [3.05, 3.63) is 182 Å². The molecule has 11 aromatic rings. The number of nitrogens with zero attached hydrogens (tertiary/aromatic N) is 2. The first kappa shape index (κ1) is 28.0. The Labute approximate surface area is 293 Å². The van der Waals surface area contributed by atoms with Gasteiger partial charge in [-0.25, -0.2) is 0 Å². The maximum absolute atomic E-state index is 6.18. The van der Waals surface area contributed by atoms with Crippen LogP contribution < -0.4 is 4.90 Å². The highest BCUT2D eigenvalue weighted by Gasteiger charge is 2.20. The Morgan fingerprint density at radius 3 is 1.94 bits per heavy atom. The maximum atomic E-state index is 6.18. The Morgan fingerprint density at radius 1 is 0.353 bits per heavy atom. The normalized spacial score (nSPS) is 11.9. The molecule has 9 aromatic carbocycles. The van der Waals surface area contributed by atoms with Crippen LogP contribution in [-0.4, -0.2) is 4.57 Å². The Hall–Kier alpha value is -6.84. The molecule has 0 fully saturated rings. The van der Waals surface area contributed by atoms with Crippen LogP contribution in [-0.2, 0) is 0 Å². The van der Waals surface area contributed by atoms with Gasteiger partial charge in [0, 0.05) is 44.0 Å². The molecule has 0 bridgehead atoms. The number of rotatable bonds is 4. The summed E-state index contributed by atoms with van der Waals surface area (Å²) in [6, 6.07) is 65.7. The maximum Gasteiger partial charge on any atom is 0.135 e. The summed E-state index contributed by atoms with van der Waals surface area (Å²) in [6.07, 6.45) is 0. The van der Waals surface area contributed by atoms with Crippen LogP contribution in [0.15, 0.2) is 186 Å². The Balaban J connectivity index is 1.14. The number of furan rings is 1. The van der Waals surface area contributed by atoms with Crippen molar-refractivity contribution in [1.82, 2.24) is 4.57 Å². The van der Waals surface area contributed by atoms with Gasteiger partial charge in [-0.15, -0.1) is 0 Å². The van der Waals surface area contributed by atoms with Gasteiger partial charge in [0.25, 0.3) is 0 Å². The molecule has 11 rings (SSSR count). The summed E-state index contributed by atoms with van der Waals surface area (Å²) >= 11 is 0. The predicted octanol–water partition coefficient (Wildman–Crippen LogP) is 13.6. The van der Waals surface area contributed by atoms with E-state index < -0.39 is 0 Å². The summed E-state index contributed by atoms with van der Waals surface area (Å²) in [5.74, 6) is 0. The van der Waals surface area contributed by atoms with Crippen LogP contribution in [0, 0.1) is 0 Å². The molecule has 2 aromatic heterocycles. The van der Waals surface area contributed by atoms with Gasteiger partial charge in [0.15, 0.2) is 0 Å². The lowest BCUT2D eigenvalue weighted by atomic mass is 9.96. The highest BCUT2D eigenvalue weighted by atomic mass is 16.3. The number of fused-ring (bicyclic) bond motifs is 11. The van der Waals surface area contributed by atoms with Gasteiger partial charge in [-0.2, -0.15) is 0 Å². The third kappa shape index (κ3) is 4.19. The van der Waals surface area contributed by atoms with Crippen molar-refractivity contribution in [3.8, 4) is 5.69 Å². The molecular formula is C48H30N2O. The van der Waals surface area contributed by atoms with Gasteiger partial charge in [-0.1, -0.05) is 115 Å². The van der Waals surface area contributed by atoms with Crippen LogP contribution in [0.1, 0.15) is 0 Å². The molecule has 0 radical (unpaired) electrons. The molecule has 51 heavy (non-hydrogen) atoms. The van der Waals surface area contributed by atoms with Gasteiger partial charge >= 0.3 is 0 Å². The van der Waals surface area contributed by atoms with Crippen LogP contribution in [0.4, 0.5) is 17.1 Å². The zero-order valence-corrected chi connectivity index (χ0v) is 27.6. The zero-order valence-electron chi connectivity index (χ0n) is 27.6. The number of anilines is 3. The molecule has 0 spiro atoms. The molecule has 0 amide bonds. The van der Waals surface area contributed by atoms with Gasteiger partial charge in [0.1, 0.15) is 11.2 Å². The second-order valence-corrected chi connectivity index (χ2v) is 13.3. The van der Waals surface area contributed by atoms with Gasteiger partial charge in [-0.05, 0) is 93.7 Å². The van der Waals surface area contributed by atoms with Crippen molar-refractivity contribution >= 4 is 93.1 Å². The number of aromatic nitrogens is 1. The number of hydrogen-bond acceptors (Lipinski definition) is 2. The summed E-state index contributed by atoms with van der Waals surface area (Å²) in [5, 5.41) is 12.2. The molecule has 0 saturated carbocycles. The summed E-state index contributed by atoms with van der Waals surface area (Å²) in [5.41, 5.74) is 8.63. The fourth-order valence-corrected chi connectivity index (χ4v) is 8.27. The van der Waals surface area contributed by atoms with Gasteiger partial charge in [-0.3, -0.25) is 0 Å². The van der Waals surface area contributed by atoms with Gasteiger partial charge in [0.05, 0.1) is 16.7 Å². The highest BCUT2D eigenvalue weighted by molar-refractivity contribution is 6.20. The van der Waals surface area contributed by atoms with E-state index in [1.165, 1.54) is 48.6 Å². The fourth-order valence-electron chi connectivity index (χ4n) is 8.27. The van der Waals surface area contributed by atoms with E-state index in [1.54, 1.807) is 0 Å². The predicted molar refractivity (Wildman–Crippen MR) is 215 cm³/mol. The van der Waals surface area contributed by atoms with E-state index in [4.69, 9.17) is 4.42 Å². The van der Waals surface area contributed by atoms with Crippen molar-refractivity contribution in [1.29, 1.82) is 0 Å². The average molecular weight is 651 g/mol. The minimum atomic E-state index is 0.901. The molecule has 0 aliphatic carbocycles. The second kappa shape index (κ2) is 10.8. The lowest BCUT2D eigenvalue weighted by molar-refractivity contribution is 0.669. The van der Waals surface area contributed by atoms with Crippen molar-refractivity contribution in [3.63, 3.8) is 0 Å². The first-order chi connectivity index (χ1) is 25.3. The van der Waals surface area contributed by atoms with E-state index in [0.29, 0.717) is 0 Å². The summed E-state index contributed by atoms with van der Waals surface area (Å²) < 4.78 is 8.57. The lowest BCUT2D eigenvalue weighted by Crippen LogP contribution is -2.10. The molecule has 0 N–H and O–H groups in total. The van der Waals surface area contributed by atoms with E-state index in [-0.39, 0.29) is 0 Å². The first-order valence-electron chi connectivity index (χ1n) is 17.4. The van der Waals surface area contributed by atoms with Gasteiger partial charge < -0.3 is 13.9 Å². The molecule has 3 nitrogen and oxygen atoms in total. The van der Waals surface area contributed by atoms with E-state index in [0.717, 1.165) is 50.2 Å². The minimum absolute atomic E-state index is 0.901. The van der Waals surface area contributed by atoms with E-state index in [1.807, 2.05) is 12.1 Å². The average Bonchev–Trinajstić information content (AvgIpc) is 3.73. The minimum Gasteiger partial charge on any atom is -0.456 e. The second-order valence-electron chi connectivity index (χ2n) is 13.3. The highest BCUT2D eigenvalue weighted by Crippen LogP contribution is 2.44. The van der Waals surface area contributed by atoms with Crippen LogP contribution in [0.5, 0.6) is 0 Å². The zero-order chi connectivity index (χ0) is 33.5. The Kier molecular flexibility index (Phi) is 5.96. The monoisotopic (exact) mass is 650 g/mol. The first-order valence-corrected chi connectivity index (χ1v) is 17.4. The summed E-state index contributed by atoms with van der Waals surface area (Å²) in [6.45, 7) is 0. The molecule has 0 aliphatic rings. The van der Waals surface area contributed by atoms with Crippen molar-refractivity contribution in [2.24, 2.45) is 0 Å². The third-order valence-electron chi connectivity index (χ3n) is 10.5. The number of benzene rings is 9. The topological polar surface area (TPSA) is 21.3 Å². The number of hydrogen-bond donors (Lipinski definition) is 0. The molecule has 238 valence electrons. The van der Waals surface area contributed by atoms with Crippen LogP contribution in [0.3, 0.4) is 0 Å². The largest absolute Gasteiger partial charge is 0.456 e. The SMILES string of the molecule is c1ccc(N(c2ccc3c(c2)c2ccccc2n3-c2ccc3oc4ccccc4c3c2)c2cccc3c2ccc2c4ccccc4ccc32)cc1. The summed E-state index contributed by atoms with van der Waals surface area (Å²) in [4.78, 5) is 2.41. The Bertz CT molecular complexity index is 3150. The molecule has 3 heteroatoms.